The SMILES string of the molecule is CCCCCCCCCC(=O)C(N)(C(=O)CCCCCCCCC)C(C(=O)CCCCCCCCC)(C(=O)CCCCCCCCC)C(C(=O)O)(C(=O)CCCCCCCCC)C(=O)CCCCCCCCC. The van der Waals surface area contributed by atoms with Gasteiger partial charge in [0, 0.05) is 38.5 Å². The lowest BCUT2D eigenvalue weighted by atomic mass is 9.44. The van der Waals surface area contributed by atoms with Crippen LogP contribution in [0, 0.1) is 10.8 Å². The molecule has 0 atom stereocenters. The van der Waals surface area contributed by atoms with Gasteiger partial charge >= 0.3 is 5.97 Å². The number of aliphatic carboxylic acids is 1. The second-order valence-electron chi connectivity index (χ2n) is 22.4. The van der Waals surface area contributed by atoms with Crippen LogP contribution >= 0.6 is 0 Å². The van der Waals surface area contributed by atoms with Crippen molar-refractivity contribution in [2.24, 2.45) is 16.6 Å². The highest BCUT2D eigenvalue weighted by Crippen LogP contribution is 2.55. The minimum atomic E-state index is -3.35. The van der Waals surface area contributed by atoms with Gasteiger partial charge in [-0.1, -0.05) is 273 Å². The Labute approximate surface area is 449 Å². The van der Waals surface area contributed by atoms with Gasteiger partial charge in [0.25, 0.3) is 0 Å². The van der Waals surface area contributed by atoms with E-state index in [0.717, 1.165) is 193 Å². The zero-order valence-corrected chi connectivity index (χ0v) is 48.8. The summed E-state index contributed by atoms with van der Waals surface area (Å²) in [6.45, 7) is 12.9. The van der Waals surface area contributed by atoms with Crippen molar-refractivity contribution < 1.29 is 38.7 Å². The molecule has 0 aliphatic heterocycles. The fourth-order valence-corrected chi connectivity index (χ4v) is 11.5. The van der Waals surface area contributed by atoms with Gasteiger partial charge in [0.15, 0.2) is 40.2 Å². The Bertz CT molecular complexity index is 1380. The topological polar surface area (TPSA) is 166 Å². The average Bonchev–Trinajstić information content (AvgIpc) is 3.37. The van der Waals surface area contributed by atoms with Gasteiger partial charge in [0.2, 0.25) is 5.41 Å². The van der Waals surface area contributed by atoms with Crippen LogP contribution in [0.5, 0.6) is 0 Å². The predicted octanol–water partition coefficient (Wildman–Crippen LogP) is 18.0. The van der Waals surface area contributed by atoms with Crippen molar-refractivity contribution in [1.29, 1.82) is 0 Å². The number of hydrogen-bond donors (Lipinski definition) is 2. The number of unbranched alkanes of at least 4 members (excludes halogenated alkanes) is 36. The van der Waals surface area contributed by atoms with Crippen LogP contribution in [0.1, 0.15) is 350 Å². The van der Waals surface area contributed by atoms with Crippen LogP contribution in [0.15, 0.2) is 0 Å². The molecule has 0 bridgehead atoms. The summed E-state index contributed by atoms with van der Waals surface area (Å²) in [5, 5.41) is 12.1. The summed E-state index contributed by atoms with van der Waals surface area (Å²) in [6.07, 6.45) is 32.9. The van der Waals surface area contributed by atoms with Gasteiger partial charge in [0.1, 0.15) is 5.41 Å². The van der Waals surface area contributed by atoms with Gasteiger partial charge in [0.05, 0.1) is 0 Å². The maximum atomic E-state index is 16.2. The van der Waals surface area contributed by atoms with Crippen molar-refractivity contribution in [3.05, 3.63) is 0 Å². The normalized spacial score (nSPS) is 12.1. The number of hydrogen-bond acceptors (Lipinski definition) is 8. The number of carbonyl (C=O) groups is 7. The molecule has 0 fully saturated rings. The minimum absolute atomic E-state index is 0.244. The molecular weight excluding hydrogens is 911 g/mol. The molecule has 9 heteroatoms. The second-order valence-corrected chi connectivity index (χ2v) is 22.4. The fraction of sp³-hybridized carbons (Fsp3) is 0.891. The van der Waals surface area contributed by atoms with E-state index < -0.39 is 57.0 Å². The van der Waals surface area contributed by atoms with Crippen LogP contribution in [0.25, 0.3) is 0 Å². The van der Waals surface area contributed by atoms with Gasteiger partial charge in [-0.15, -0.1) is 0 Å². The fourth-order valence-electron chi connectivity index (χ4n) is 11.5. The number of nitrogens with two attached hydrogens (primary N) is 1. The summed E-state index contributed by atoms with van der Waals surface area (Å²) in [5.41, 5.74) is -2.01. The smallest absolute Gasteiger partial charge is 0.326 e. The number of Topliss-reactive ketones (excluding diaryl/α,β-unsaturated/α-hetero) is 6. The maximum Gasteiger partial charge on any atom is 0.326 e. The van der Waals surface area contributed by atoms with Crippen molar-refractivity contribution in [2.75, 3.05) is 0 Å². The van der Waals surface area contributed by atoms with E-state index in [9.17, 15) is 9.90 Å². The third-order valence-electron chi connectivity index (χ3n) is 16.1. The van der Waals surface area contributed by atoms with E-state index in [-0.39, 0.29) is 64.2 Å². The van der Waals surface area contributed by atoms with Gasteiger partial charge in [-0.2, -0.15) is 0 Å². The molecule has 0 rings (SSSR count). The van der Waals surface area contributed by atoms with Gasteiger partial charge in [-0.3, -0.25) is 33.6 Å². The van der Waals surface area contributed by atoms with E-state index in [1.807, 2.05) is 0 Å². The highest BCUT2D eigenvalue weighted by molar-refractivity contribution is 6.35. The maximum absolute atomic E-state index is 16.2. The molecule has 0 unspecified atom stereocenters. The number of carbonyl (C=O) groups excluding carboxylic acids is 6. The Kier molecular flexibility index (Phi) is 44.0. The summed E-state index contributed by atoms with van der Waals surface area (Å²) < 4.78 is 0. The van der Waals surface area contributed by atoms with Crippen LogP contribution in [-0.2, 0) is 33.6 Å². The number of carboxylic acids is 1. The lowest BCUT2D eigenvalue weighted by Gasteiger charge is -2.52. The van der Waals surface area contributed by atoms with Gasteiger partial charge in [-0.25, -0.2) is 0 Å². The lowest BCUT2D eigenvalue weighted by Crippen LogP contribution is -2.80. The summed E-state index contributed by atoms with van der Waals surface area (Å²) in [7, 11) is 0. The van der Waals surface area contributed by atoms with Crippen molar-refractivity contribution >= 4 is 40.7 Å². The van der Waals surface area contributed by atoms with Crippen molar-refractivity contribution in [1.82, 2.24) is 0 Å². The molecule has 73 heavy (non-hydrogen) atoms. The molecule has 0 amide bonds. The molecule has 0 spiro atoms. The molecule has 0 aliphatic carbocycles. The Balaban J connectivity index is 8.47. The zero-order valence-electron chi connectivity index (χ0n) is 48.8. The largest absolute Gasteiger partial charge is 0.480 e. The molecule has 0 aromatic carbocycles. The first-order valence-corrected chi connectivity index (χ1v) is 31.6. The van der Waals surface area contributed by atoms with Crippen LogP contribution in [0.2, 0.25) is 0 Å². The van der Waals surface area contributed by atoms with Crippen molar-refractivity contribution in [3.63, 3.8) is 0 Å². The Morgan fingerprint density at radius 3 is 0.616 bits per heavy atom. The molecular formula is C64H117NO8. The van der Waals surface area contributed by atoms with Gasteiger partial charge < -0.3 is 10.8 Å². The Hall–Kier alpha value is -2.55. The first-order valence-electron chi connectivity index (χ1n) is 31.6. The monoisotopic (exact) mass is 1030 g/mol. The standard InChI is InChI=1S/C64H117NO8/c1-7-13-19-25-31-37-43-49-55(66)62(61(72)73,56(67)50-44-38-32-26-20-14-8-2)63(57(68)51-45-39-33-27-21-15-9-3,58(69)52-46-40-34-28-22-16-10-4)64(65,59(70)53-47-41-35-29-23-17-11-5)60(71)54-48-42-36-30-24-18-12-6/h7-54,65H2,1-6H3,(H,72,73). The Morgan fingerprint density at radius 1 is 0.260 bits per heavy atom. The molecule has 0 aromatic rings. The summed E-state index contributed by atoms with van der Waals surface area (Å²) in [4.78, 5) is 110. The van der Waals surface area contributed by atoms with E-state index in [1.165, 1.54) is 0 Å². The quantitative estimate of drug-likeness (QED) is 0.0445. The molecule has 0 heterocycles. The number of ketones is 6. The van der Waals surface area contributed by atoms with Crippen LogP contribution in [0.4, 0.5) is 0 Å². The molecule has 0 aromatic heterocycles. The molecule has 0 radical (unpaired) electrons. The van der Waals surface area contributed by atoms with Crippen molar-refractivity contribution in [2.45, 2.75) is 355 Å². The van der Waals surface area contributed by atoms with E-state index in [2.05, 4.69) is 41.5 Å². The van der Waals surface area contributed by atoms with Gasteiger partial charge in [-0.05, 0) is 38.5 Å². The van der Waals surface area contributed by atoms with E-state index in [0.29, 0.717) is 51.4 Å². The van der Waals surface area contributed by atoms with Crippen molar-refractivity contribution in [3.8, 4) is 0 Å². The minimum Gasteiger partial charge on any atom is -0.480 e. The Morgan fingerprint density at radius 2 is 0.425 bits per heavy atom. The summed E-state index contributed by atoms with van der Waals surface area (Å²) >= 11 is 0. The summed E-state index contributed by atoms with van der Waals surface area (Å²) in [6, 6.07) is 0. The lowest BCUT2D eigenvalue weighted by molar-refractivity contribution is -0.186. The van der Waals surface area contributed by atoms with E-state index in [4.69, 9.17) is 5.73 Å². The van der Waals surface area contributed by atoms with Crippen LogP contribution in [-0.4, -0.2) is 51.3 Å². The third-order valence-corrected chi connectivity index (χ3v) is 16.1. The number of rotatable bonds is 57. The number of carboxylic acid groups (broad SMARTS) is 1. The molecule has 426 valence electrons. The zero-order chi connectivity index (χ0) is 54.5. The second kappa shape index (κ2) is 45.6. The predicted molar refractivity (Wildman–Crippen MR) is 305 cm³/mol. The van der Waals surface area contributed by atoms with E-state index >= 15 is 28.8 Å². The molecule has 9 nitrogen and oxygen atoms in total. The molecule has 3 N–H and O–H groups in total. The van der Waals surface area contributed by atoms with Crippen LogP contribution < -0.4 is 5.73 Å². The average molecular weight is 1030 g/mol. The summed E-state index contributed by atoms with van der Waals surface area (Å²) in [5.74, 6) is -7.76. The molecule has 0 saturated carbocycles. The van der Waals surface area contributed by atoms with Crippen LogP contribution in [0.3, 0.4) is 0 Å². The first kappa shape index (κ1) is 70.5. The first-order chi connectivity index (χ1) is 35.3. The molecule has 0 saturated heterocycles. The molecule has 0 aliphatic rings. The third kappa shape index (κ3) is 25.4. The highest BCUT2D eigenvalue weighted by Gasteiger charge is 2.80. The van der Waals surface area contributed by atoms with E-state index in [1.54, 1.807) is 0 Å². The highest BCUT2D eigenvalue weighted by atomic mass is 16.4.